The SMILES string of the molecule is CN=C(NCCc1c[nH]c2ccc(F)cc12)NCC(c1ccccc1)N(C)C.I. The smallest absolute Gasteiger partial charge is 0.191 e. The van der Waals surface area contributed by atoms with Crippen molar-refractivity contribution >= 4 is 40.8 Å². The quantitative estimate of drug-likeness (QED) is 0.257. The molecule has 0 saturated carbocycles. The lowest BCUT2D eigenvalue weighted by atomic mass is 10.1. The molecule has 3 aromatic rings. The van der Waals surface area contributed by atoms with Gasteiger partial charge in [0, 0.05) is 37.2 Å². The summed E-state index contributed by atoms with van der Waals surface area (Å²) in [5.74, 6) is 0.545. The number of hydrogen-bond donors (Lipinski definition) is 3. The number of aromatic amines is 1. The largest absolute Gasteiger partial charge is 0.361 e. The van der Waals surface area contributed by atoms with Gasteiger partial charge in [0.05, 0.1) is 6.04 Å². The lowest BCUT2D eigenvalue weighted by Gasteiger charge is -2.26. The fraction of sp³-hybridized carbons (Fsp3) is 0.318. The number of hydrogen-bond acceptors (Lipinski definition) is 2. The van der Waals surface area contributed by atoms with Gasteiger partial charge in [-0.2, -0.15) is 0 Å². The number of aromatic nitrogens is 1. The predicted molar refractivity (Wildman–Crippen MR) is 130 cm³/mol. The standard InChI is InChI=1S/C22H28FN5.HI/c1-24-22(27-15-21(28(2)3)16-7-5-4-6-8-16)25-12-11-17-14-26-20-10-9-18(23)13-19(17)20;/h4-10,13-14,21,26H,11-12,15H2,1-3H3,(H2,24,25,27);1H. The zero-order valence-electron chi connectivity index (χ0n) is 17.1. The number of fused-ring (bicyclic) bond motifs is 1. The van der Waals surface area contributed by atoms with Crippen LogP contribution in [-0.4, -0.2) is 50.1 Å². The molecule has 0 bridgehead atoms. The van der Waals surface area contributed by atoms with E-state index in [0.717, 1.165) is 35.4 Å². The van der Waals surface area contributed by atoms with E-state index in [4.69, 9.17) is 0 Å². The van der Waals surface area contributed by atoms with Crippen LogP contribution in [0.3, 0.4) is 0 Å². The van der Waals surface area contributed by atoms with Gasteiger partial charge in [0.15, 0.2) is 5.96 Å². The molecule has 5 nitrogen and oxygen atoms in total. The third kappa shape index (κ3) is 6.17. The van der Waals surface area contributed by atoms with Crippen LogP contribution in [0.15, 0.2) is 59.7 Å². The molecule has 2 aromatic carbocycles. The second kappa shape index (κ2) is 11.2. The Labute approximate surface area is 188 Å². The van der Waals surface area contributed by atoms with Crippen molar-refractivity contribution in [2.75, 3.05) is 34.2 Å². The summed E-state index contributed by atoms with van der Waals surface area (Å²) in [4.78, 5) is 9.70. The molecule has 1 aromatic heterocycles. The topological polar surface area (TPSA) is 55.5 Å². The summed E-state index contributed by atoms with van der Waals surface area (Å²) in [5.41, 5.74) is 3.31. The number of halogens is 2. The van der Waals surface area contributed by atoms with E-state index in [1.54, 1.807) is 19.2 Å². The molecule has 1 heterocycles. The fourth-order valence-corrected chi connectivity index (χ4v) is 3.36. The second-order valence-electron chi connectivity index (χ2n) is 7.02. The van der Waals surface area contributed by atoms with Crippen LogP contribution in [0.4, 0.5) is 4.39 Å². The van der Waals surface area contributed by atoms with E-state index in [1.165, 1.54) is 11.6 Å². The summed E-state index contributed by atoms with van der Waals surface area (Å²) >= 11 is 0. The highest BCUT2D eigenvalue weighted by Crippen LogP contribution is 2.19. The molecule has 0 aliphatic heterocycles. The lowest BCUT2D eigenvalue weighted by molar-refractivity contribution is 0.298. The van der Waals surface area contributed by atoms with Gasteiger partial charge in [-0.1, -0.05) is 30.3 Å². The Morgan fingerprint density at radius 2 is 1.90 bits per heavy atom. The Morgan fingerprint density at radius 1 is 1.14 bits per heavy atom. The third-order valence-electron chi connectivity index (χ3n) is 4.91. The summed E-state index contributed by atoms with van der Waals surface area (Å²) < 4.78 is 13.5. The first kappa shape index (κ1) is 23.2. The fourth-order valence-electron chi connectivity index (χ4n) is 3.36. The molecular formula is C22H29FIN5. The summed E-state index contributed by atoms with van der Waals surface area (Å²) in [5, 5.41) is 7.68. The number of H-pyrrole nitrogens is 1. The number of aliphatic imine (C=N–C) groups is 1. The highest BCUT2D eigenvalue weighted by molar-refractivity contribution is 14.0. The van der Waals surface area contributed by atoms with Crippen LogP contribution >= 0.6 is 24.0 Å². The van der Waals surface area contributed by atoms with Gasteiger partial charge in [0.1, 0.15) is 5.82 Å². The maximum atomic E-state index is 13.5. The highest BCUT2D eigenvalue weighted by atomic mass is 127. The normalized spacial score (nSPS) is 12.7. The molecule has 0 fully saturated rings. The van der Waals surface area contributed by atoms with Gasteiger partial charge in [0.2, 0.25) is 0 Å². The van der Waals surface area contributed by atoms with Crippen LogP contribution in [0.2, 0.25) is 0 Å². The van der Waals surface area contributed by atoms with Gasteiger partial charge >= 0.3 is 0 Å². The molecule has 3 N–H and O–H groups in total. The van der Waals surface area contributed by atoms with E-state index in [-0.39, 0.29) is 35.8 Å². The van der Waals surface area contributed by atoms with Crippen molar-refractivity contribution in [3.05, 3.63) is 71.7 Å². The number of rotatable bonds is 7. The summed E-state index contributed by atoms with van der Waals surface area (Å²) in [6.07, 6.45) is 2.72. The molecule has 0 aliphatic rings. The number of guanidine groups is 1. The summed E-state index contributed by atoms with van der Waals surface area (Å²) in [7, 11) is 5.92. The van der Waals surface area contributed by atoms with Crippen molar-refractivity contribution in [3.8, 4) is 0 Å². The molecule has 1 unspecified atom stereocenters. The summed E-state index contributed by atoms with van der Waals surface area (Å²) in [6, 6.07) is 15.5. The van der Waals surface area contributed by atoms with Gasteiger partial charge in [-0.05, 0) is 49.8 Å². The molecule has 29 heavy (non-hydrogen) atoms. The predicted octanol–water partition coefficient (Wildman–Crippen LogP) is 3.94. The zero-order valence-corrected chi connectivity index (χ0v) is 19.4. The molecule has 0 amide bonds. The monoisotopic (exact) mass is 509 g/mol. The Balaban J connectivity index is 0.00000300. The van der Waals surface area contributed by atoms with Crippen LogP contribution in [0, 0.1) is 5.82 Å². The van der Waals surface area contributed by atoms with Crippen molar-refractivity contribution < 1.29 is 4.39 Å². The minimum atomic E-state index is -0.213. The van der Waals surface area contributed by atoms with E-state index in [1.807, 2.05) is 12.3 Å². The Bertz CT molecular complexity index is 923. The Kier molecular flexibility index (Phi) is 8.91. The Hall–Kier alpha value is -2.13. The van der Waals surface area contributed by atoms with E-state index in [0.29, 0.717) is 6.54 Å². The molecule has 7 heteroatoms. The average molecular weight is 509 g/mol. The maximum absolute atomic E-state index is 13.5. The van der Waals surface area contributed by atoms with Crippen molar-refractivity contribution in [1.82, 2.24) is 20.5 Å². The molecule has 0 saturated heterocycles. The van der Waals surface area contributed by atoms with Crippen molar-refractivity contribution in [2.45, 2.75) is 12.5 Å². The van der Waals surface area contributed by atoms with Crippen molar-refractivity contribution in [2.24, 2.45) is 4.99 Å². The van der Waals surface area contributed by atoms with Crippen LogP contribution < -0.4 is 10.6 Å². The molecule has 0 aliphatic carbocycles. The van der Waals surface area contributed by atoms with E-state index >= 15 is 0 Å². The van der Waals surface area contributed by atoms with Crippen molar-refractivity contribution in [1.29, 1.82) is 0 Å². The molecule has 0 spiro atoms. The molecular weight excluding hydrogens is 480 g/mol. The van der Waals surface area contributed by atoms with Crippen LogP contribution in [-0.2, 0) is 6.42 Å². The second-order valence-corrected chi connectivity index (χ2v) is 7.02. The summed E-state index contributed by atoms with van der Waals surface area (Å²) in [6.45, 7) is 1.45. The van der Waals surface area contributed by atoms with Crippen molar-refractivity contribution in [3.63, 3.8) is 0 Å². The van der Waals surface area contributed by atoms with Gasteiger partial charge in [0.25, 0.3) is 0 Å². The number of nitrogens with zero attached hydrogens (tertiary/aromatic N) is 2. The minimum Gasteiger partial charge on any atom is -0.361 e. The van der Waals surface area contributed by atoms with Gasteiger partial charge in [-0.25, -0.2) is 4.39 Å². The number of nitrogens with one attached hydrogen (secondary N) is 3. The average Bonchev–Trinajstić information content (AvgIpc) is 3.09. The highest BCUT2D eigenvalue weighted by Gasteiger charge is 2.14. The molecule has 3 rings (SSSR count). The molecule has 1 atom stereocenters. The van der Waals surface area contributed by atoms with E-state index < -0.39 is 0 Å². The first-order chi connectivity index (χ1) is 13.6. The van der Waals surface area contributed by atoms with Gasteiger partial charge in [-0.15, -0.1) is 24.0 Å². The van der Waals surface area contributed by atoms with Crippen LogP contribution in [0.1, 0.15) is 17.2 Å². The number of benzene rings is 2. The maximum Gasteiger partial charge on any atom is 0.191 e. The van der Waals surface area contributed by atoms with Crippen LogP contribution in [0.25, 0.3) is 10.9 Å². The van der Waals surface area contributed by atoms with E-state index in [2.05, 4.69) is 63.9 Å². The molecule has 0 radical (unpaired) electrons. The first-order valence-corrected chi connectivity index (χ1v) is 9.50. The Morgan fingerprint density at radius 3 is 2.59 bits per heavy atom. The first-order valence-electron chi connectivity index (χ1n) is 9.50. The lowest BCUT2D eigenvalue weighted by Crippen LogP contribution is -2.42. The third-order valence-corrected chi connectivity index (χ3v) is 4.91. The minimum absolute atomic E-state index is 0. The zero-order chi connectivity index (χ0) is 19.9. The number of likely N-dealkylation sites (N-methyl/N-ethyl adjacent to an activating group) is 1. The van der Waals surface area contributed by atoms with Gasteiger partial charge in [-0.3, -0.25) is 4.99 Å². The van der Waals surface area contributed by atoms with Crippen LogP contribution in [0.5, 0.6) is 0 Å². The molecule has 156 valence electrons. The van der Waals surface area contributed by atoms with Gasteiger partial charge < -0.3 is 20.5 Å². The van der Waals surface area contributed by atoms with E-state index in [9.17, 15) is 4.39 Å².